The van der Waals surface area contributed by atoms with Gasteiger partial charge in [0.1, 0.15) is 11.8 Å². The molecule has 0 fully saturated rings. The Morgan fingerprint density at radius 1 is 1.53 bits per heavy atom. The summed E-state index contributed by atoms with van der Waals surface area (Å²) in [4.78, 5) is 11.2. The molecule has 0 bridgehead atoms. The number of carbonyl (C=O) groups excluding carboxylic acids is 1. The van der Waals surface area contributed by atoms with E-state index in [1.807, 2.05) is 6.07 Å². The second kappa shape index (κ2) is 5.39. The molecule has 0 radical (unpaired) electrons. The molecule has 0 atom stereocenters. The number of nitrogens with zero attached hydrogens (tertiary/aromatic N) is 1. The van der Waals surface area contributed by atoms with Crippen LogP contribution in [0.2, 0.25) is 0 Å². The SMILES string of the molecule is CCOc1cc(C(F)F)c(C(C)=O)cc1C#N. The van der Waals surface area contributed by atoms with Crippen molar-refractivity contribution in [3.63, 3.8) is 0 Å². The highest BCUT2D eigenvalue weighted by molar-refractivity contribution is 5.96. The maximum absolute atomic E-state index is 12.8. The van der Waals surface area contributed by atoms with Crippen molar-refractivity contribution in [2.45, 2.75) is 20.3 Å². The van der Waals surface area contributed by atoms with Crippen molar-refractivity contribution in [3.8, 4) is 11.8 Å². The summed E-state index contributed by atoms with van der Waals surface area (Å²) in [5, 5.41) is 8.85. The average molecular weight is 239 g/mol. The number of alkyl halides is 2. The molecule has 0 saturated carbocycles. The van der Waals surface area contributed by atoms with Gasteiger partial charge in [0.2, 0.25) is 0 Å². The molecule has 5 heteroatoms. The summed E-state index contributed by atoms with van der Waals surface area (Å²) in [6.07, 6.45) is -2.78. The fraction of sp³-hybridized carbons (Fsp3) is 0.333. The van der Waals surface area contributed by atoms with Gasteiger partial charge in [-0.2, -0.15) is 5.26 Å². The second-order valence-corrected chi connectivity index (χ2v) is 3.34. The van der Waals surface area contributed by atoms with Crippen molar-refractivity contribution in [1.82, 2.24) is 0 Å². The largest absolute Gasteiger partial charge is 0.492 e. The van der Waals surface area contributed by atoms with Crippen molar-refractivity contribution < 1.29 is 18.3 Å². The third kappa shape index (κ3) is 2.78. The molecule has 17 heavy (non-hydrogen) atoms. The number of ether oxygens (including phenoxy) is 1. The van der Waals surface area contributed by atoms with Crippen molar-refractivity contribution >= 4 is 5.78 Å². The Labute approximate surface area is 97.6 Å². The van der Waals surface area contributed by atoms with Gasteiger partial charge in [-0.25, -0.2) is 8.78 Å². The molecule has 0 saturated heterocycles. The van der Waals surface area contributed by atoms with Crippen molar-refractivity contribution in [2.24, 2.45) is 0 Å². The highest BCUT2D eigenvalue weighted by Gasteiger charge is 2.19. The van der Waals surface area contributed by atoms with E-state index in [-0.39, 0.29) is 23.5 Å². The van der Waals surface area contributed by atoms with Crippen LogP contribution >= 0.6 is 0 Å². The van der Waals surface area contributed by atoms with Crippen LogP contribution in [0.1, 0.15) is 41.8 Å². The maximum atomic E-state index is 12.8. The Morgan fingerprint density at radius 3 is 2.59 bits per heavy atom. The Bertz CT molecular complexity index is 478. The number of halogens is 2. The minimum atomic E-state index is -2.78. The van der Waals surface area contributed by atoms with Gasteiger partial charge in [0, 0.05) is 11.1 Å². The zero-order chi connectivity index (χ0) is 13.0. The predicted octanol–water partition coefficient (Wildman–Crippen LogP) is 3.10. The number of hydrogen-bond donors (Lipinski definition) is 0. The number of nitriles is 1. The third-order valence-corrected chi connectivity index (χ3v) is 2.19. The van der Waals surface area contributed by atoms with Crippen LogP contribution in [0, 0.1) is 11.3 Å². The molecule has 0 N–H and O–H groups in total. The second-order valence-electron chi connectivity index (χ2n) is 3.34. The van der Waals surface area contributed by atoms with E-state index in [2.05, 4.69) is 0 Å². The summed E-state index contributed by atoms with van der Waals surface area (Å²) in [5.41, 5.74) is -0.457. The van der Waals surface area contributed by atoms with Crippen LogP contribution in [0.4, 0.5) is 8.78 Å². The number of Topliss-reactive ketones (excluding diaryl/α,β-unsaturated/α-hetero) is 1. The predicted molar refractivity (Wildman–Crippen MR) is 57.3 cm³/mol. The third-order valence-electron chi connectivity index (χ3n) is 2.19. The van der Waals surface area contributed by atoms with Crippen LogP contribution in [-0.2, 0) is 0 Å². The highest BCUT2D eigenvalue weighted by Crippen LogP contribution is 2.30. The monoisotopic (exact) mass is 239 g/mol. The van der Waals surface area contributed by atoms with Gasteiger partial charge in [-0.15, -0.1) is 0 Å². The number of benzene rings is 1. The number of ketones is 1. The Kier molecular flexibility index (Phi) is 4.16. The van der Waals surface area contributed by atoms with Crippen molar-refractivity contribution in [1.29, 1.82) is 5.26 Å². The molecule has 0 spiro atoms. The van der Waals surface area contributed by atoms with Gasteiger partial charge in [-0.1, -0.05) is 0 Å². The van der Waals surface area contributed by atoms with Crippen molar-refractivity contribution in [3.05, 3.63) is 28.8 Å². The first-order valence-corrected chi connectivity index (χ1v) is 5.01. The first kappa shape index (κ1) is 13.1. The summed E-state index contributed by atoms with van der Waals surface area (Å²) in [6.45, 7) is 3.13. The molecule has 0 heterocycles. The molecule has 0 aliphatic carbocycles. The van der Waals surface area contributed by atoms with Gasteiger partial charge >= 0.3 is 0 Å². The number of carbonyl (C=O) groups is 1. The fourth-order valence-corrected chi connectivity index (χ4v) is 1.44. The van der Waals surface area contributed by atoms with Crippen LogP contribution in [0.5, 0.6) is 5.75 Å². The fourth-order valence-electron chi connectivity index (χ4n) is 1.44. The van der Waals surface area contributed by atoms with Gasteiger partial charge in [-0.3, -0.25) is 4.79 Å². The first-order chi connectivity index (χ1) is 8.01. The molecular weight excluding hydrogens is 228 g/mol. The Morgan fingerprint density at radius 2 is 2.18 bits per heavy atom. The van der Waals surface area contributed by atoms with E-state index >= 15 is 0 Å². The summed E-state index contributed by atoms with van der Waals surface area (Å²) in [6, 6.07) is 4.03. The summed E-state index contributed by atoms with van der Waals surface area (Å²) >= 11 is 0. The lowest BCUT2D eigenvalue weighted by atomic mass is 10.0. The quantitative estimate of drug-likeness (QED) is 0.758. The Hall–Kier alpha value is -1.96. The number of hydrogen-bond acceptors (Lipinski definition) is 3. The first-order valence-electron chi connectivity index (χ1n) is 5.01. The summed E-state index contributed by atoms with van der Waals surface area (Å²) in [5.74, 6) is -0.421. The van der Waals surface area contributed by atoms with E-state index in [9.17, 15) is 13.6 Å². The average Bonchev–Trinajstić information content (AvgIpc) is 2.28. The van der Waals surface area contributed by atoms with Crippen LogP contribution in [0.3, 0.4) is 0 Å². The minimum Gasteiger partial charge on any atom is -0.492 e. The van der Waals surface area contributed by atoms with E-state index in [0.717, 1.165) is 12.1 Å². The van der Waals surface area contributed by atoms with Gasteiger partial charge in [0.25, 0.3) is 6.43 Å². The molecule has 90 valence electrons. The topological polar surface area (TPSA) is 50.1 Å². The zero-order valence-corrected chi connectivity index (χ0v) is 9.46. The zero-order valence-electron chi connectivity index (χ0n) is 9.46. The number of rotatable bonds is 4. The molecule has 1 aromatic rings. The molecular formula is C12H11F2NO2. The van der Waals surface area contributed by atoms with Crippen molar-refractivity contribution in [2.75, 3.05) is 6.61 Å². The van der Waals surface area contributed by atoms with Gasteiger partial charge in [0.15, 0.2) is 5.78 Å². The van der Waals surface area contributed by atoms with Gasteiger partial charge in [-0.05, 0) is 26.0 Å². The van der Waals surface area contributed by atoms with Crippen LogP contribution in [0.25, 0.3) is 0 Å². The summed E-state index contributed by atoms with van der Waals surface area (Å²) < 4.78 is 30.6. The lowest BCUT2D eigenvalue weighted by Gasteiger charge is -2.11. The molecule has 0 amide bonds. The molecule has 3 nitrogen and oxygen atoms in total. The van der Waals surface area contributed by atoms with Gasteiger partial charge in [0.05, 0.1) is 12.2 Å². The van der Waals surface area contributed by atoms with Crippen LogP contribution in [-0.4, -0.2) is 12.4 Å². The van der Waals surface area contributed by atoms with E-state index in [1.54, 1.807) is 6.92 Å². The Balaban J connectivity index is 3.43. The smallest absolute Gasteiger partial charge is 0.264 e. The maximum Gasteiger partial charge on any atom is 0.264 e. The highest BCUT2D eigenvalue weighted by atomic mass is 19.3. The molecule has 0 aliphatic heterocycles. The van der Waals surface area contributed by atoms with E-state index in [4.69, 9.17) is 10.00 Å². The van der Waals surface area contributed by atoms with Gasteiger partial charge < -0.3 is 4.74 Å². The molecule has 0 unspecified atom stereocenters. The minimum absolute atomic E-state index is 0.0790. The van der Waals surface area contributed by atoms with E-state index < -0.39 is 17.8 Å². The molecule has 1 rings (SSSR count). The molecule has 0 aliphatic rings. The summed E-state index contributed by atoms with van der Waals surface area (Å²) in [7, 11) is 0. The normalized spacial score (nSPS) is 10.1. The van der Waals surface area contributed by atoms with Crippen LogP contribution < -0.4 is 4.74 Å². The van der Waals surface area contributed by atoms with Crippen LogP contribution in [0.15, 0.2) is 12.1 Å². The van der Waals surface area contributed by atoms with E-state index in [0.29, 0.717) is 0 Å². The molecule has 0 aromatic heterocycles. The standard InChI is InChI=1S/C12H11F2NO2/c1-3-17-11-5-10(12(13)14)9(7(2)16)4-8(11)6-15/h4-5,12H,3H2,1-2H3. The van der Waals surface area contributed by atoms with E-state index in [1.165, 1.54) is 6.92 Å². The molecule has 1 aromatic carbocycles. The lowest BCUT2D eigenvalue weighted by molar-refractivity contribution is 0.0998. The lowest BCUT2D eigenvalue weighted by Crippen LogP contribution is -2.04.